The van der Waals surface area contributed by atoms with Crippen molar-refractivity contribution in [2.45, 2.75) is 13.3 Å². The van der Waals surface area contributed by atoms with E-state index in [0.29, 0.717) is 0 Å². The van der Waals surface area contributed by atoms with Gasteiger partial charge in [-0.15, -0.1) is 0 Å². The molecule has 0 aliphatic rings. The number of rotatable bonds is 8. The van der Waals surface area contributed by atoms with Crippen LogP contribution < -0.4 is 5.32 Å². The zero-order chi connectivity index (χ0) is 14.0. The van der Waals surface area contributed by atoms with Crippen molar-refractivity contribution in [1.29, 1.82) is 0 Å². The molecule has 106 valence electrons. The van der Waals surface area contributed by atoms with E-state index in [9.17, 15) is 0 Å². The molecule has 0 atom stereocenters. The summed E-state index contributed by atoms with van der Waals surface area (Å²) in [5.41, 5.74) is 3.86. The van der Waals surface area contributed by atoms with Gasteiger partial charge in [-0.3, -0.25) is 0 Å². The molecule has 0 aliphatic heterocycles. The summed E-state index contributed by atoms with van der Waals surface area (Å²) in [5.74, 6) is 0. The third kappa shape index (κ3) is 4.80. The molecule has 20 heavy (non-hydrogen) atoms. The van der Waals surface area contributed by atoms with Crippen molar-refractivity contribution in [3.05, 3.63) is 60.2 Å². The van der Waals surface area contributed by atoms with Crippen LogP contribution in [0.1, 0.15) is 12.5 Å². The van der Waals surface area contributed by atoms with Crippen molar-refractivity contribution in [2.24, 2.45) is 0 Å². The predicted octanol–water partition coefficient (Wildman–Crippen LogP) is 3.52. The minimum Gasteiger partial charge on any atom is -0.380 e. The van der Waals surface area contributed by atoms with Gasteiger partial charge in [0.25, 0.3) is 0 Å². The monoisotopic (exact) mass is 269 g/mol. The van der Waals surface area contributed by atoms with Crippen LogP contribution in [-0.2, 0) is 11.2 Å². The summed E-state index contributed by atoms with van der Waals surface area (Å²) in [6, 6.07) is 19.2. The highest BCUT2D eigenvalue weighted by atomic mass is 16.5. The molecular weight excluding hydrogens is 246 g/mol. The summed E-state index contributed by atoms with van der Waals surface area (Å²) in [6.45, 7) is 5.62. The number of nitrogens with one attached hydrogen (secondary N) is 1. The van der Waals surface area contributed by atoms with Gasteiger partial charge in [0.15, 0.2) is 0 Å². The molecule has 2 aromatic carbocycles. The minimum absolute atomic E-state index is 0.788. The molecule has 0 saturated heterocycles. The van der Waals surface area contributed by atoms with Gasteiger partial charge in [0.1, 0.15) is 0 Å². The lowest BCUT2D eigenvalue weighted by Gasteiger charge is -2.06. The van der Waals surface area contributed by atoms with E-state index in [1.165, 1.54) is 16.7 Å². The van der Waals surface area contributed by atoms with Gasteiger partial charge < -0.3 is 10.1 Å². The molecule has 0 amide bonds. The molecular formula is C18H23NO. The van der Waals surface area contributed by atoms with Crippen molar-refractivity contribution in [2.75, 3.05) is 26.3 Å². The van der Waals surface area contributed by atoms with Crippen molar-refractivity contribution >= 4 is 0 Å². The Balaban J connectivity index is 1.77. The molecule has 0 bridgehead atoms. The summed E-state index contributed by atoms with van der Waals surface area (Å²) >= 11 is 0. The third-order valence-electron chi connectivity index (χ3n) is 3.27. The van der Waals surface area contributed by atoms with E-state index >= 15 is 0 Å². The molecule has 2 heteroatoms. The van der Waals surface area contributed by atoms with E-state index in [4.69, 9.17) is 4.74 Å². The van der Waals surface area contributed by atoms with Crippen LogP contribution >= 0.6 is 0 Å². The van der Waals surface area contributed by atoms with E-state index in [2.05, 4.69) is 60.8 Å². The normalized spacial score (nSPS) is 10.7. The first-order valence-electron chi connectivity index (χ1n) is 7.33. The van der Waals surface area contributed by atoms with Crippen molar-refractivity contribution in [1.82, 2.24) is 5.32 Å². The highest BCUT2D eigenvalue weighted by Crippen LogP contribution is 2.19. The number of ether oxygens (including phenoxy) is 1. The molecule has 0 radical (unpaired) electrons. The Morgan fingerprint density at radius 1 is 0.850 bits per heavy atom. The molecule has 0 saturated carbocycles. The summed E-state index contributed by atoms with van der Waals surface area (Å²) in [4.78, 5) is 0. The van der Waals surface area contributed by atoms with E-state index in [-0.39, 0.29) is 0 Å². The van der Waals surface area contributed by atoms with Gasteiger partial charge in [-0.1, -0.05) is 61.5 Å². The largest absolute Gasteiger partial charge is 0.380 e. The standard InChI is InChI=1S/C18H23NO/c1-2-19-13-15-20-14-12-16-8-10-18(11-9-16)17-6-4-3-5-7-17/h3-11,19H,2,12-15H2,1H3. The highest BCUT2D eigenvalue weighted by molar-refractivity contribution is 5.63. The lowest BCUT2D eigenvalue weighted by Crippen LogP contribution is -2.19. The molecule has 2 nitrogen and oxygen atoms in total. The molecule has 2 aromatic rings. The smallest absolute Gasteiger partial charge is 0.0591 e. The van der Waals surface area contributed by atoms with Crippen LogP contribution in [-0.4, -0.2) is 26.3 Å². The van der Waals surface area contributed by atoms with Crippen LogP contribution in [0.3, 0.4) is 0 Å². The minimum atomic E-state index is 0.788. The van der Waals surface area contributed by atoms with Crippen molar-refractivity contribution in [3.63, 3.8) is 0 Å². The lowest BCUT2D eigenvalue weighted by atomic mass is 10.0. The predicted molar refractivity (Wildman–Crippen MR) is 84.9 cm³/mol. The zero-order valence-electron chi connectivity index (χ0n) is 12.1. The van der Waals surface area contributed by atoms with Crippen LogP contribution in [0.25, 0.3) is 11.1 Å². The molecule has 0 unspecified atom stereocenters. The number of benzene rings is 2. The first-order chi connectivity index (χ1) is 9.90. The molecule has 1 N–H and O–H groups in total. The Morgan fingerprint density at radius 3 is 2.25 bits per heavy atom. The fourth-order valence-electron chi connectivity index (χ4n) is 2.11. The molecule has 0 fully saturated rings. The van der Waals surface area contributed by atoms with E-state index in [1.807, 2.05) is 6.07 Å². The average Bonchev–Trinajstić information content (AvgIpc) is 2.52. The fraction of sp³-hybridized carbons (Fsp3) is 0.333. The van der Waals surface area contributed by atoms with Gasteiger partial charge >= 0.3 is 0 Å². The second kappa shape index (κ2) is 8.51. The average molecular weight is 269 g/mol. The van der Waals surface area contributed by atoms with Gasteiger partial charge in [0.05, 0.1) is 13.2 Å². The maximum absolute atomic E-state index is 5.59. The molecule has 0 spiro atoms. The van der Waals surface area contributed by atoms with Gasteiger partial charge in [0.2, 0.25) is 0 Å². The Morgan fingerprint density at radius 2 is 1.55 bits per heavy atom. The Labute approximate surface area is 121 Å². The van der Waals surface area contributed by atoms with Crippen LogP contribution in [0.5, 0.6) is 0 Å². The topological polar surface area (TPSA) is 21.3 Å². The second-order valence-corrected chi connectivity index (χ2v) is 4.78. The maximum atomic E-state index is 5.59. The Hall–Kier alpha value is -1.64. The first-order valence-corrected chi connectivity index (χ1v) is 7.33. The van der Waals surface area contributed by atoms with Crippen LogP contribution in [0.2, 0.25) is 0 Å². The second-order valence-electron chi connectivity index (χ2n) is 4.78. The lowest BCUT2D eigenvalue weighted by molar-refractivity contribution is 0.139. The van der Waals surface area contributed by atoms with Crippen LogP contribution in [0, 0.1) is 0 Å². The maximum Gasteiger partial charge on any atom is 0.0591 e. The summed E-state index contributed by atoms with van der Waals surface area (Å²) in [6.07, 6.45) is 0.973. The molecule has 0 heterocycles. The van der Waals surface area contributed by atoms with Crippen LogP contribution in [0.15, 0.2) is 54.6 Å². The van der Waals surface area contributed by atoms with Gasteiger partial charge in [-0.05, 0) is 29.7 Å². The number of likely N-dealkylation sites (N-methyl/N-ethyl adjacent to an activating group) is 1. The van der Waals surface area contributed by atoms with Gasteiger partial charge in [0, 0.05) is 6.54 Å². The highest BCUT2D eigenvalue weighted by Gasteiger charge is 1.98. The first kappa shape index (κ1) is 14.8. The molecule has 0 aliphatic carbocycles. The van der Waals surface area contributed by atoms with Crippen molar-refractivity contribution in [3.8, 4) is 11.1 Å². The van der Waals surface area contributed by atoms with E-state index in [0.717, 1.165) is 32.7 Å². The number of hydrogen-bond acceptors (Lipinski definition) is 2. The summed E-state index contributed by atoms with van der Waals surface area (Å²) < 4.78 is 5.59. The Kier molecular flexibility index (Phi) is 6.28. The fourth-order valence-corrected chi connectivity index (χ4v) is 2.11. The molecule has 0 aromatic heterocycles. The van der Waals surface area contributed by atoms with Crippen molar-refractivity contribution < 1.29 is 4.74 Å². The third-order valence-corrected chi connectivity index (χ3v) is 3.27. The quantitative estimate of drug-likeness (QED) is 0.740. The Bertz CT molecular complexity index is 479. The summed E-state index contributed by atoms with van der Waals surface area (Å²) in [7, 11) is 0. The zero-order valence-corrected chi connectivity index (χ0v) is 12.1. The summed E-state index contributed by atoms with van der Waals surface area (Å²) in [5, 5.41) is 3.25. The molecule has 2 rings (SSSR count). The SMILES string of the molecule is CCNCCOCCc1ccc(-c2ccccc2)cc1. The number of hydrogen-bond donors (Lipinski definition) is 1. The van der Waals surface area contributed by atoms with E-state index < -0.39 is 0 Å². The van der Waals surface area contributed by atoms with E-state index in [1.54, 1.807) is 0 Å². The van der Waals surface area contributed by atoms with Gasteiger partial charge in [-0.2, -0.15) is 0 Å². The van der Waals surface area contributed by atoms with Crippen LogP contribution in [0.4, 0.5) is 0 Å². The van der Waals surface area contributed by atoms with Gasteiger partial charge in [-0.25, -0.2) is 0 Å².